The van der Waals surface area contributed by atoms with Crippen LogP contribution >= 0.6 is 0 Å². The number of para-hydroxylation sites is 1. The Morgan fingerprint density at radius 3 is 2.91 bits per heavy atom. The number of nitrogens with zero attached hydrogens (tertiary/aromatic N) is 1. The van der Waals surface area contributed by atoms with Crippen molar-refractivity contribution in [2.45, 2.75) is 32.7 Å². The van der Waals surface area contributed by atoms with Crippen molar-refractivity contribution < 1.29 is 4.79 Å². The molecule has 1 N–H and O–H groups in total. The van der Waals surface area contributed by atoms with Gasteiger partial charge < -0.3 is 4.98 Å². The van der Waals surface area contributed by atoms with Gasteiger partial charge in [-0.3, -0.25) is 9.69 Å². The van der Waals surface area contributed by atoms with Gasteiger partial charge in [0.25, 0.3) is 0 Å². The molecule has 2 aliphatic heterocycles. The highest BCUT2D eigenvalue weighted by Gasteiger charge is 2.39. The molecule has 22 heavy (non-hydrogen) atoms. The first-order chi connectivity index (χ1) is 10.7. The van der Waals surface area contributed by atoms with Crippen LogP contribution in [0.2, 0.25) is 0 Å². The predicted octanol–water partition coefficient (Wildman–Crippen LogP) is 3.62. The first-order valence-corrected chi connectivity index (χ1v) is 8.20. The van der Waals surface area contributed by atoms with Crippen molar-refractivity contribution in [3.05, 3.63) is 47.2 Å². The number of piperidine rings is 1. The van der Waals surface area contributed by atoms with E-state index in [-0.39, 0.29) is 12.0 Å². The maximum Gasteiger partial charge on any atom is 0.137 e. The largest absolute Gasteiger partial charge is 0.357 e. The van der Waals surface area contributed by atoms with Crippen LogP contribution in [0.5, 0.6) is 0 Å². The van der Waals surface area contributed by atoms with Crippen LogP contribution in [0.15, 0.2) is 35.9 Å². The van der Waals surface area contributed by atoms with Gasteiger partial charge >= 0.3 is 0 Å². The smallest absolute Gasteiger partial charge is 0.137 e. The van der Waals surface area contributed by atoms with E-state index >= 15 is 0 Å². The number of aromatic amines is 1. The second-order valence-corrected chi connectivity index (χ2v) is 6.49. The summed E-state index contributed by atoms with van der Waals surface area (Å²) in [6.45, 7) is 5.91. The molecule has 0 unspecified atom stereocenters. The Kier molecular flexibility index (Phi) is 3.19. The van der Waals surface area contributed by atoms with E-state index in [1.165, 1.54) is 27.7 Å². The van der Waals surface area contributed by atoms with E-state index in [0.717, 1.165) is 25.9 Å². The molecule has 0 saturated carbocycles. The number of allylic oxidation sites excluding steroid dienone is 1. The summed E-state index contributed by atoms with van der Waals surface area (Å²) < 4.78 is 0. The van der Waals surface area contributed by atoms with Crippen LogP contribution in [0.3, 0.4) is 0 Å². The SMILES string of the molecule is C/C=C1\[C@@H](C(C)=O)CCN2CCc3c([nH]c4ccccc34)[C@H]12. The van der Waals surface area contributed by atoms with Crippen molar-refractivity contribution >= 4 is 16.7 Å². The van der Waals surface area contributed by atoms with Gasteiger partial charge in [0.2, 0.25) is 0 Å². The Hall–Kier alpha value is -1.87. The highest BCUT2D eigenvalue weighted by Crippen LogP contribution is 2.44. The van der Waals surface area contributed by atoms with Crippen LogP contribution in [0.25, 0.3) is 10.9 Å². The first kappa shape index (κ1) is 13.8. The average molecular weight is 294 g/mol. The molecular formula is C19H22N2O. The summed E-state index contributed by atoms with van der Waals surface area (Å²) in [4.78, 5) is 18.2. The van der Waals surface area contributed by atoms with E-state index in [2.05, 4.69) is 47.1 Å². The van der Waals surface area contributed by atoms with Crippen LogP contribution < -0.4 is 0 Å². The minimum Gasteiger partial charge on any atom is -0.357 e. The molecule has 2 aliphatic rings. The molecule has 0 amide bonds. The third-order valence-corrected chi connectivity index (χ3v) is 5.38. The summed E-state index contributed by atoms with van der Waals surface area (Å²) in [5.41, 5.74) is 5.26. The quantitative estimate of drug-likeness (QED) is 0.815. The molecule has 0 spiro atoms. The fraction of sp³-hybridized carbons (Fsp3) is 0.421. The second-order valence-electron chi connectivity index (χ2n) is 6.49. The van der Waals surface area contributed by atoms with Crippen molar-refractivity contribution in [3.8, 4) is 0 Å². The number of aromatic nitrogens is 1. The van der Waals surface area contributed by atoms with E-state index in [4.69, 9.17) is 0 Å². The molecule has 3 heteroatoms. The fourth-order valence-electron chi connectivity index (χ4n) is 4.36. The van der Waals surface area contributed by atoms with Crippen LogP contribution in [-0.2, 0) is 11.2 Å². The van der Waals surface area contributed by atoms with Crippen molar-refractivity contribution in [3.63, 3.8) is 0 Å². The van der Waals surface area contributed by atoms with E-state index < -0.39 is 0 Å². The third kappa shape index (κ3) is 1.88. The first-order valence-electron chi connectivity index (χ1n) is 8.20. The standard InChI is InChI=1S/C19H22N2O/c1-3-13-14(12(2)22)8-10-21-11-9-16-15-6-4-5-7-17(15)20-18(16)19(13)21/h3-7,14,19-20H,8-11H2,1-2H3/b13-3+/t14-,19+/m1/s1. The van der Waals surface area contributed by atoms with Gasteiger partial charge in [-0.25, -0.2) is 0 Å². The molecule has 1 fully saturated rings. The second kappa shape index (κ2) is 5.10. The van der Waals surface area contributed by atoms with Crippen molar-refractivity contribution in [1.29, 1.82) is 0 Å². The zero-order chi connectivity index (χ0) is 15.3. The van der Waals surface area contributed by atoms with Gasteiger partial charge in [-0.2, -0.15) is 0 Å². The van der Waals surface area contributed by atoms with Crippen LogP contribution in [-0.4, -0.2) is 28.8 Å². The molecule has 3 nitrogen and oxygen atoms in total. The number of H-pyrrole nitrogens is 1. The lowest BCUT2D eigenvalue weighted by atomic mass is 9.78. The number of carbonyl (C=O) groups excluding carboxylic acids is 1. The maximum atomic E-state index is 12.1. The molecule has 1 aromatic carbocycles. The molecule has 0 radical (unpaired) electrons. The number of fused-ring (bicyclic) bond motifs is 5. The lowest BCUT2D eigenvalue weighted by Crippen LogP contribution is -2.44. The van der Waals surface area contributed by atoms with Gasteiger partial charge in [0.05, 0.1) is 6.04 Å². The normalized spacial score (nSPS) is 26.9. The van der Waals surface area contributed by atoms with E-state index in [0.29, 0.717) is 5.78 Å². The van der Waals surface area contributed by atoms with E-state index in [9.17, 15) is 4.79 Å². The minimum atomic E-state index is 0.0867. The number of Topliss-reactive ketones (excluding diaryl/α,β-unsaturated/α-hetero) is 1. The summed E-state index contributed by atoms with van der Waals surface area (Å²) in [5, 5.41) is 1.34. The van der Waals surface area contributed by atoms with Gasteiger partial charge in [0, 0.05) is 35.6 Å². The Morgan fingerprint density at radius 1 is 1.32 bits per heavy atom. The summed E-state index contributed by atoms with van der Waals surface area (Å²) in [6, 6.07) is 8.81. The van der Waals surface area contributed by atoms with E-state index in [1.807, 2.05) is 0 Å². The molecule has 0 aliphatic carbocycles. The van der Waals surface area contributed by atoms with Crippen molar-refractivity contribution in [2.75, 3.05) is 13.1 Å². The average Bonchev–Trinajstić information content (AvgIpc) is 2.92. The Labute approximate surface area is 131 Å². The lowest BCUT2D eigenvalue weighted by Gasteiger charge is -2.43. The Bertz CT molecular complexity index is 771. The molecular weight excluding hydrogens is 272 g/mol. The maximum absolute atomic E-state index is 12.1. The number of benzene rings is 1. The number of carbonyl (C=O) groups is 1. The summed E-state index contributed by atoms with van der Waals surface area (Å²) in [7, 11) is 0. The van der Waals surface area contributed by atoms with E-state index in [1.54, 1.807) is 6.92 Å². The monoisotopic (exact) mass is 294 g/mol. The zero-order valence-electron chi connectivity index (χ0n) is 13.2. The number of hydrogen-bond donors (Lipinski definition) is 1. The van der Waals surface area contributed by atoms with Crippen LogP contribution in [0.1, 0.15) is 37.6 Å². The Balaban J connectivity index is 1.88. The molecule has 3 heterocycles. The summed E-state index contributed by atoms with van der Waals surface area (Å²) >= 11 is 0. The molecule has 114 valence electrons. The van der Waals surface area contributed by atoms with Gasteiger partial charge in [0.15, 0.2) is 0 Å². The molecule has 1 aromatic heterocycles. The third-order valence-electron chi connectivity index (χ3n) is 5.38. The lowest BCUT2D eigenvalue weighted by molar-refractivity contribution is -0.120. The fourth-order valence-corrected chi connectivity index (χ4v) is 4.36. The van der Waals surface area contributed by atoms with Gasteiger partial charge in [0.1, 0.15) is 5.78 Å². The van der Waals surface area contributed by atoms with Gasteiger partial charge in [-0.05, 0) is 43.9 Å². The summed E-state index contributed by atoms with van der Waals surface area (Å²) in [5.74, 6) is 0.389. The molecule has 1 saturated heterocycles. The molecule has 0 bridgehead atoms. The zero-order valence-corrected chi connectivity index (χ0v) is 13.2. The number of hydrogen-bond acceptors (Lipinski definition) is 2. The van der Waals surface area contributed by atoms with Crippen LogP contribution in [0.4, 0.5) is 0 Å². The molecule has 4 rings (SSSR count). The molecule has 2 aromatic rings. The minimum absolute atomic E-state index is 0.0867. The molecule has 2 atom stereocenters. The van der Waals surface area contributed by atoms with Gasteiger partial charge in [-0.15, -0.1) is 0 Å². The Morgan fingerprint density at radius 2 is 2.14 bits per heavy atom. The van der Waals surface area contributed by atoms with Crippen LogP contribution in [0, 0.1) is 5.92 Å². The summed E-state index contributed by atoms with van der Waals surface area (Å²) in [6.07, 6.45) is 4.22. The topological polar surface area (TPSA) is 36.1 Å². The highest BCUT2D eigenvalue weighted by molar-refractivity contribution is 5.86. The number of ketones is 1. The predicted molar refractivity (Wildman–Crippen MR) is 88.9 cm³/mol. The highest BCUT2D eigenvalue weighted by atomic mass is 16.1. The number of nitrogens with one attached hydrogen (secondary N) is 1. The van der Waals surface area contributed by atoms with Crippen molar-refractivity contribution in [2.24, 2.45) is 5.92 Å². The van der Waals surface area contributed by atoms with Gasteiger partial charge in [-0.1, -0.05) is 24.3 Å². The van der Waals surface area contributed by atoms with Crippen molar-refractivity contribution in [1.82, 2.24) is 9.88 Å². The number of rotatable bonds is 1.